The molecule has 0 bridgehead atoms. The molecule has 0 aliphatic heterocycles. The lowest BCUT2D eigenvalue weighted by molar-refractivity contribution is -0.137. The normalized spacial score (nSPS) is 10.1. The first-order chi connectivity index (χ1) is 10.1. The summed E-state index contributed by atoms with van der Waals surface area (Å²) in [6.07, 6.45) is 3.85. The van der Waals surface area contributed by atoms with Crippen molar-refractivity contribution in [2.24, 2.45) is 0 Å². The summed E-state index contributed by atoms with van der Waals surface area (Å²) in [5, 5.41) is 11.3. The highest BCUT2D eigenvalue weighted by atomic mass is 16.5. The summed E-state index contributed by atoms with van der Waals surface area (Å²) in [5.74, 6) is 0.00886. The molecule has 1 amide bonds. The Labute approximate surface area is 125 Å². The van der Waals surface area contributed by atoms with Crippen LogP contribution in [0.15, 0.2) is 24.3 Å². The molecule has 0 unspecified atom stereocenters. The molecule has 0 atom stereocenters. The number of hydrogen-bond donors (Lipinski definition) is 2. The number of carbonyl (C=O) groups is 2. The lowest BCUT2D eigenvalue weighted by atomic mass is 10.1. The van der Waals surface area contributed by atoms with Crippen LogP contribution in [0.3, 0.4) is 0 Å². The average molecular weight is 293 g/mol. The Morgan fingerprint density at radius 1 is 1.05 bits per heavy atom. The predicted molar refractivity (Wildman–Crippen MR) is 81.6 cm³/mol. The number of carboxylic acids is 1. The molecule has 0 spiro atoms. The van der Waals surface area contributed by atoms with Crippen LogP contribution in [0.25, 0.3) is 0 Å². The molecule has 21 heavy (non-hydrogen) atoms. The average Bonchev–Trinajstić information content (AvgIpc) is 2.45. The fraction of sp³-hybridized carbons (Fsp3) is 0.500. The minimum atomic E-state index is -0.761. The van der Waals surface area contributed by atoms with Gasteiger partial charge in [0.15, 0.2) is 0 Å². The van der Waals surface area contributed by atoms with Gasteiger partial charge in [-0.05, 0) is 44.0 Å². The summed E-state index contributed by atoms with van der Waals surface area (Å²) < 4.78 is 5.33. The Balaban J connectivity index is 2.16. The molecule has 0 heterocycles. The first-order valence-corrected chi connectivity index (χ1v) is 7.36. The Hall–Kier alpha value is -2.04. The summed E-state index contributed by atoms with van der Waals surface area (Å²) in [5.41, 5.74) is 0.759. The van der Waals surface area contributed by atoms with Crippen LogP contribution in [-0.2, 0) is 9.59 Å². The molecule has 1 aromatic carbocycles. The van der Waals surface area contributed by atoms with Crippen LogP contribution in [-0.4, -0.2) is 23.6 Å². The summed E-state index contributed by atoms with van der Waals surface area (Å²) in [4.78, 5) is 22.1. The SMILES string of the molecule is CCOc1ccc(NC(=O)CCCCCCC(=O)O)cc1. The highest BCUT2D eigenvalue weighted by molar-refractivity contribution is 5.90. The van der Waals surface area contributed by atoms with Crippen LogP contribution < -0.4 is 10.1 Å². The Morgan fingerprint density at radius 2 is 1.67 bits per heavy atom. The van der Waals surface area contributed by atoms with Gasteiger partial charge in [0.1, 0.15) is 5.75 Å². The van der Waals surface area contributed by atoms with E-state index < -0.39 is 5.97 Å². The molecule has 5 nitrogen and oxygen atoms in total. The largest absolute Gasteiger partial charge is 0.494 e. The van der Waals surface area contributed by atoms with Crippen LogP contribution >= 0.6 is 0 Å². The summed E-state index contributed by atoms with van der Waals surface area (Å²) in [6, 6.07) is 7.28. The number of aliphatic carboxylic acids is 1. The fourth-order valence-electron chi connectivity index (χ4n) is 1.94. The van der Waals surface area contributed by atoms with Crippen molar-refractivity contribution in [3.63, 3.8) is 0 Å². The van der Waals surface area contributed by atoms with Gasteiger partial charge in [0, 0.05) is 18.5 Å². The number of ether oxygens (including phenoxy) is 1. The van der Waals surface area contributed by atoms with Crippen LogP contribution in [0.5, 0.6) is 5.75 Å². The number of nitrogens with one attached hydrogen (secondary N) is 1. The van der Waals surface area contributed by atoms with E-state index in [0.29, 0.717) is 19.4 Å². The molecular weight excluding hydrogens is 270 g/mol. The number of carboxylic acid groups (broad SMARTS) is 1. The quantitative estimate of drug-likeness (QED) is 0.648. The molecule has 0 radical (unpaired) electrons. The Morgan fingerprint density at radius 3 is 2.24 bits per heavy atom. The third-order valence-corrected chi connectivity index (χ3v) is 2.99. The van der Waals surface area contributed by atoms with Crippen molar-refractivity contribution in [1.29, 1.82) is 0 Å². The smallest absolute Gasteiger partial charge is 0.303 e. The Kier molecular flexibility index (Phi) is 7.94. The molecule has 116 valence electrons. The maximum absolute atomic E-state index is 11.7. The topological polar surface area (TPSA) is 75.6 Å². The molecule has 0 aliphatic carbocycles. The van der Waals surface area contributed by atoms with Gasteiger partial charge in [-0.2, -0.15) is 0 Å². The molecule has 0 aromatic heterocycles. The first-order valence-electron chi connectivity index (χ1n) is 7.36. The number of carbonyl (C=O) groups excluding carboxylic acids is 1. The van der Waals surface area contributed by atoms with Crippen molar-refractivity contribution in [2.45, 2.75) is 45.4 Å². The number of benzene rings is 1. The standard InChI is InChI=1S/C16H23NO4/c1-2-21-14-11-9-13(10-12-14)17-15(18)7-5-3-4-6-8-16(19)20/h9-12H,2-8H2,1H3,(H,17,18)(H,19,20). The molecule has 1 rings (SSSR count). The number of unbranched alkanes of at least 4 members (excludes halogenated alkanes) is 3. The van der Waals surface area contributed by atoms with Crippen molar-refractivity contribution in [1.82, 2.24) is 0 Å². The highest BCUT2D eigenvalue weighted by Gasteiger charge is 2.03. The molecule has 5 heteroatoms. The molecule has 0 aliphatic rings. The van der Waals surface area contributed by atoms with Gasteiger partial charge in [0.25, 0.3) is 0 Å². The minimum absolute atomic E-state index is 0.0163. The number of anilines is 1. The molecule has 0 saturated carbocycles. The van der Waals surface area contributed by atoms with Crippen molar-refractivity contribution < 1.29 is 19.4 Å². The van der Waals surface area contributed by atoms with Crippen LogP contribution in [0.1, 0.15) is 45.4 Å². The van der Waals surface area contributed by atoms with E-state index in [1.54, 1.807) is 0 Å². The van der Waals surface area contributed by atoms with E-state index >= 15 is 0 Å². The van der Waals surface area contributed by atoms with Gasteiger partial charge in [-0.1, -0.05) is 12.8 Å². The monoisotopic (exact) mass is 293 g/mol. The number of hydrogen-bond acceptors (Lipinski definition) is 3. The second kappa shape index (κ2) is 9.80. The molecular formula is C16H23NO4. The van der Waals surface area contributed by atoms with Gasteiger partial charge >= 0.3 is 5.97 Å². The van der Waals surface area contributed by atoms with Crippen molar-refractivity contribution in [2.75, 3.05) is 11.9 Å². The second-order valence-corrected chi connectivity index (χ2v) is 4.81. The number of amides is 1. The number of rotatable bonds is 10. The van der Waals surface area contributed by atoms with Gasteiger partial charge in [-0.15, -0.1) is 0 Å². The van der Waals surface area contributed by atoms with Crippen LogP contribution in [0, 0.1) is 0 Å². The molecule has 1 aromatic rings. The zero-order chi connectivity index (χ0) is 15.5. The zero-order valence-corrected chi connectivity index (χ0v) is 12.4. The van der Waals surface area contributed by atoms with E-state index in [-0.39, 0.29) is 12.3 Å². The third kappa shape index (κ3) is 7.97. The fourth-order valence-corrected chi connectivity index (χ4v) is 1.94. The maximum Gasteiger partial charge on any atom is 0.303 e. The summed E-state index contributed by atoms with van der Waals surface area (Å²) in [7, 11) is 0. The van der Waals surface area contributed by atoms with E-state index in [1.807, 2.05) is 31.2 Å². The maximum atomic E-state index is 11.7. The van der Waals surface area contributed by atoms with Crippen molar-refractivity contribution in [3.05, 3.63) is 24.3 Å². The lowest BCUT2D eigenvalue weighted by Crippen LogP contribution is -2.10. The summed E-state index contributed by atoms with van der Waals surface area (Å²) >= 11 is 0. The van der Waals surface area contributed by atoms with E-state index in [0.717, 1.165) is 30.7 Å². The van der Waals surface area contributed by atoms with E-state index in [9.17, 15) is 9.59 Å². The first kappa shape index (κ1) is 17.0. The van der Waals surface area contributed by atoms with Crippen LogP contribution in [0.2, 0.25) is 0 Å². The lowest BCUT2D eigenvalue weighted by Gasteiger charge is -2.07. The molecule has 0 fully saturated rings. The van der Waals surface area contributed by atoms with Gasteiger partial charge in [0.05, 0.1) is 6.61 Å². The minimum Gasteiger partial charge on any atom is -0.494 e. The summed E-state index contributed by atoms with van der Waals surface area (Å²) in [6.45, 7) is 2.54. The van der Waals surface area contributed by atoms with E-state index in [1.165, 1.54) is 0 Å². The highest BCUT2D eigenvalue weighted by Crippen LogP contribution is 2.16. The van der Waals surface area contributed by atoms with Gasteiger partial charge < -0.3 is 15.2 Å². The third-order valence-electron chi connectivity index (χ3n) is 2.99. The molecule has 2 N–H and O–H groups in total. The molecule has 0 saturated heterocycles. The van der Waals surface area contributed by atoms with Crippen LogP contribution in [0.4, 0.5) is 5.69 Å². The van der Waals surface area contributed by atoms with Gasteiger partial charge in [-0.25, -0.2) is 0 Å². The van der Waals surface area contributed by atoms with Gasteiger partial charge in [-0.3, -0.25) is 9.59 Å². The van der Waals surface area contributed by atoms with Gasteiger partial charge in [0.2, 0.25) is 5.91 Å². The van der Waals surface area contributed by atoms with E-state index in [2.05, 4.69) is 5.32 Å². The Bertz CT molecular complexity index is 442. The van der Waals surface area contributed by atoms with Crippen molar-refractivity contribution >= 4 is 17.6 Å². The zero-order valence-electron chi connectivity index (χ0n) is 12.4. The van der Waals surface area contributed by atoms with E-state index in [4.69, 9.17) is 9.84 Å². The second-order valence-electron chi connectivity index (χ2n) is 4.81. The predicted octanol–water partition coefficient (Wildman–Crippen LogP) is 3.45. The van der Waals surface area contributed by atoms with Crippen molar-refractivity contribution in [3.8, 4) is 5.75 Å².